The summed E-state index contributed by atoms with van der Waals surface area (Å²) in [5.74, 6) is 0. The van der Waals surface area contributed by atoms with Gasteiger partial charge in [0.15, 0.2) is 0 Å². The molecule has 0 aliphatic heterocycles. The average Bonchev–Trinajstić information content (AvgIpc) is 3.91. The summed E-state index contributed by atoms with van der Waals surface area (Å²) in [6.45, 7) is 0. The highest BCUT2D eigenvalue weighted by molar-refractivity contribution is 6.10. The van der Waals surface area contributed by atoms with Gasteiger partial charge in [0.05, 0.1) is 0 Å². The van der Waals surface area contributed by atoms with Gasteiger partial charge in [-0.25, -0.2) is 4.98 Å². The molecule has 0 radical (unpaired) electrons. The molecule has 0 saturated carbocycles. The van der Waals surface area contributed by atoms with Crippen LogP contribution in [0.5, 0.6) is 0 Å². The Balaban J connectivity index is 0.950. The summed E-state index contributed by atoms with van der Waals surface area (Å²) in [4.78, 5) is 11.1. The van der Waals surface area contributed by atoms with E-state index in [4.69, 9.17) is 8.83 Å². The molecule has 5 nitrogen and oxygen atoms in total. The first-order chi connectivity index (χ1) is 30.2. The molecule has 12 aromatic rings. The van der Waals surface area contributed by atoms with Crippen molar-refractivity contribution in [3.8, 4) is 44.5 Å². The number of aromatic nitrogens is 2. The van der Waals surface area contributed by atoms with E-state index < -0.39 is 0 Å². The molecule has 12 rings (SSSR count). The Labute approximate surface area is 351 Å². The molecule has 286 valence electrons. The Morgan fingerprint density at radius 2 is 0.820 bits per heavy atom. The molecule has 0 aliphatic rings. The highest BCUT2D eigenvalue weighted by Crippen LogP contribution is 2.42. The van der Waals surface area contributed by atoms with E-state index in [9.17, 15) is 0 Å². The molecule has 0 amide bonds. The lowest BCUT2D eigenvalue weighted by molar-refractivity contribution is 0.655. The first-order valence-corrected chi connectivity index (χ1v) is 20.5. The van der Waals surface area contributed by atoms with E-state index in [-0.39, 0.29) is 0 Å². The van der Waals surface area contributed by atoms with E-state index in [1.165, 1.54) is 27.5 Å². The SMILES string of the molecule is c1ccc(-c2ccc(-c3ccc(N(c4ccc(-c5cccc6c5oc5ccncc56)cc4)c4ccc(-c5cccc6c5oc5ncccc56)cc4)cc3)c3ccccc23)cc1. The summed E-state index contributed by atoms with van der Waals surface area (Å²) >= 11 is 0. The Morgan fingerprint density at radius 1 is 0.328 bits per heavy atom. The zero-order chi connectivity index (χ0) is 40.3. The van der Waals surface area contributed by atoms with Crippen molar-refractivity contribution in [1.29, 1.82) is 0 Å². The second kappa shape index (κ2) is 14.2. The van der Waals surface area contributed by atoms with Crippen LogP contribution < -0.4 is 4.90 Å². The number of hydrogen-bond donors (Lipinski definition) is 0. The van der Waals surface area contributed by atoms with Gasteiger partial charge < -0.3 is 13.7 Å². The first kappa shape index (κ1) is 34.7. The summed E-state index contributed by atoms with van der Waals surface area (Å²) in [7, 11) is 0. The molecule has 0 bridgehead atoms. The fourth-order valence-corrected chi connectivity index (χ4v) is 8.97. The number of furan rings is 2. The van der Waals surface area contributed by atoms with Crippen LogP contribution in [0.4, 0.5) is 17.1 Å². The quantitative estimate of drug-likeness (QED) is 0.161. The van der Waals surface area contributed by atoms with Gasteiger partial charge in [0.2, 0.25) is 5.71 Å². The van der Waals surface area contributed by atoms with Gasteiger partial charge in [-0.15, -0.1) is 0 Å². The Hall–Kier alpha value is -8.28. The third-order valence-corrected chi connectivity index (χ3v) is 11.9. The van der Waals surface area contributed by atoms with E-state index in [0.29, 0.717) is 5.71 Å². The number of rotatable bonds is 7. The smallest absolute Gasteiger partial charge is 0.227 e. The minimum Gasteiger partial charge on any atom is -0.455 e. The number of anilines is 3. The normalized spacial score (nSPS) is 11.6. The van der Waals surface area contributed by atoms with Gasteiger partial charge in [0, 0.05) is 68.3 Å². The lowest BCUT2D eigenvalue weighted by atomic mass is 9.92. The van der Waals surface area contributed by atoms with Crippen LogP contribution in [0, 0.1) is 0 Å². The minimum atomic E-state index is 0.647. The summed E-state index contributed by atoms with van der Waals surface area (Å²) in [5.41, 5.74) is 15.3. The molecule has 0 fully saturated rings. The van der Waals surface area contributed by atoms with Crippen molar-refractivity contribution in [3.63, 3.8) is 0 Å². The van der Waals surface area contributed by atoms with Crippen LogP contribution in [-0.2, 0) is 0 Å². The van der Waals surface area contributed by atoms with Crippen molar-refractivity contribution in [2.24, 2.45) is 0 Å². The molecule has 0 saturated heterocycles. The van der Waals surface area contributed by atoms with E-state index in [1.54, 1.807) is 12.4 Å². The van der Waals surface area contributed by atoms with Crippen LogP contribution in [0.1, 0.15) is 0 Å². The number of fused-ring (bicyclic) bond motifs is 7. The molecule has 0 spiro atoms. The molecule has 0 atom stereocenters. The Kier molecular flexibility index (Phi) is 8.10. The monoisotopic (exact) mass is 781 g/mol. The summed E-state index contributed by atoms with van der Waals surface area (Å²) in [6.07, 6.45) is 5.42. The lowest BCUT2D eigenvalue weighted by Gasteiger charge is -2.26. The van der Waals surface area contributed by atoms with E-state index in [2.05, 4.69) is 197 Å². The van der Waals surface area contributed by atoms with Crippen LogP contribution >= 0.6 is 0 Å². The second-order valence-electron chi connectivity index (χ2n) is 15.3. The molecule has 61 heavy (non-hydrogen) atoms. The summed E-state index contributed by atoms with van der Waals surface area (Å²) in [6, 6.07) is 68.8. The number of benzene rings is 8. The van der Waals surface area contributed by atoms with Gasteiger partial charge in [-0.2, -0.15) is 0 Å². The number of para-hydroxylation sites is 2. The van der Waals surface area contributed by atoms with E-state index in [0.717, 1.165) is 83.2 Å². The fourth-order valence-electron chi connectivity index (χ4n) is 8.97. The van der Waals surface area contributed by atoms with Gasteiger partial charge in [-0.3, -0.25) is 4.98 Å². The number of nitrogens with zero attached hydrogens (tertiary/aromatic N) is 3. The summed E-state index contributed by atoms with van der Waals surface area (Å²) < 4.78 is 12.7. The van der Waals surface area contributed by atoms with Crippen LogP contribution in [-0.4, -0.2) is 9.97 Å². The molecule has 8 aromatic carbocycles. The van der Waals surface area contributed by atoms with Crippen molar-refractivity contribution in [2.75, 3.05) is 4.90 Å². The van der Waals surface area contributed by atoms with E-state index in [1.807, 2.05) is 18.3 Å². The summed E-state index contributed by atoms with van der Waals surface area (Å²) in [5, 5.41) is 6.62. The maximum atomic E-state index is 6.39. The minimum absolute atomic E-state index is 0.647. The van der Waals surface area contributed by atoms with Crippen LogP contribution in [0.2, 0.25) is 0 Å². The Morgan fingerprint density at radius 3 is 1.43 bits per heavy atom. The molecular formula is C56H35N3O2. The standard InChI is InChI=1S/C56H35N3O2/c1-2-9-36(10-3-1)43-30-31-44(48-12-5-4-11-47(43)48)37-18-24-40(25-19-37)59(41-26-20-38(21-27-41)45-13-7-16-50-52-35-57-34-32-53(52)60-54(45)50)42-28-22-39(23-29-42)46-14-6-15-49-51-17-8-33-58-56(51)61-55(46)49/h1-35H. The maximum absolute atomic E-state index is 6.39. The Bertz CT molecular complexity index is 3410. The van der Waals surface area contributed by atoms with Gasteiger partial charge in [-0.1, -0.05) is 140 Å². The first-order valence-electron chi connectivity index (χ1n) is 20.5. The molecule has 0 unspecified atom stereocenters. The predicted octanol–water partition coefficient (Wildman–Crippen LogP) is 15.6. The zero-order valence-electron chi connectivity index (χ0n) is 32.9. The molecule has 0 aliphatic carbocycles. The highest BCUT2D eigenvalue weighted by Gasteiger charge is 2.18. The van der Waals surface area contributed by atoms with Gasteiger partial charge in [-0.05, 0) is 98.8 Å². The van der Waals surface area contributed by atoms with Gasteiger partial charge in [0.25, 0.3) is 0 Å². The number of hydrogen-bond acceptors (Lipinski definition) is 5. The van der Waals surface area contributed by atoms with Crippen molar-refractivity contribution in [1.82, 2.24) is 9.97 Å². The van der Waals surface area contributed by atoms with Crippen LogP contribution in [0.25, 0.3) is 99.3 Å². The maximum Gasteiger partial charge on any atom is 0.227 e. The van der Waals surface area contributed by atoms with Crippen LogP contribution in [0.15, 0.2) is 222 Å². The third-order valence-electron chi connectivity index (χ3n) is 11.9. The molecular weight excluding hydrogens is 747 g/mol. The molecule has 4 heterocycles. The average molecular weight is 782 g/mol. The number of pyridine rings is 2. The van der Waals surface area contributed by atoms with Gasteiger partial charge in [0.1, 0.15) is 16.7 Å². The molecule has 4 aromatic heterocycles. The van der Waals surface area contributed by atoms with Crippen LogP contribution in [0.3, 0.4) is 0 Å². The second-order valence-corrected chi connectivity index (χ2v) is 15.3. The highest BCUT2D eigenvalue weighted by atomic mass is 16.3. The van der Waals surface area contributed by atoms with Crippen molar-refractivity contribution in [2.45, 2.75) is 0 Å². The lowest BCUT2D eigenvalue weighted by Crippen LogP contribution is -2.09. The van der Waals surface area contributed by atoms with Crippen molar-refractivity contribution in [3.05, 3.63) is 213 Å². The third kappa shape index (κ3) is 5.86. The van der Waals surface area contributed by atoms with Crippen molar-refractivity contribution >= 4 is 71.8 Å². The van der Waals surface area contributed by atoms with Gasteiger partial charge >= 0.3 is 0 Å². The largest absolute Gasteiger partial charge is 0.455 e. The van der Waals surface area contributed by atoms with Crippen molar-refractivity contribution < 1.29 is 8.83 Å². The molecule has 5 heteroatoms. The zero-order valence-corrected chi connectivity index (χ0v) is 32.9. The fraction of sp³-hybridized carbons (Fsp3) is 0. The molecule has 0 N–H and O–H groups in total. The topological polar surface area (TPSA) is 55.3 Å². The predicted molar refractivity (Wildman–Crippen MR) is 251 cm³/mol. The van der Waals surface area contributed by atoms with E-state index >= 15 is 0 Å².